The normalized spacial score (nSPS) is 13.3. The quantitative estimate of drug-likeness (QED) is 0.0256. The zero-order valence-electron chi connectivity index (χ0n) is 37.7. The van der Waals surface area contributed by atoms with Crippen LogP contribution in [0.5, 0.6) is 0 Å². The second-order valence-electron chi connectivity index (χ2n) is 16.5. The molecule has 5 nitrogen and oxygen atoms in total. The average molecular weight is 1130 g/mol. The van der Waals surface area contributed by atoms with Crippen LogP contribution in [0.15, 0.2) is 139 Å². The van der Waals surface area contributed by atoms with E-state index in [2.05, 4.69) is 31.7 Å². The zero-order chi connectivity index (χ0) is 58.0. The van der Waals surface area contributed by atoms with Crippen LogP contribution in [0.4, 0.5) is 105 Å². The van der Waals surface area contributed by atoms with Crippen molar-refractivity contribution >= 4 is 28.0 Å². The Morgan fingerprint density at radius 2 is 0.740 bits per heavy atom. The van der Waals surface area contributed by atoms with Gasteiger partial charge in [-0.2, -0.15) is 132 Å². The summed E-state index contributed by atoms with van der Waals surface area (Å²) in [5, 5.41) is 3.46. The van der Waals surface area contributed by atoms with Crippen LogP contribution in [0.25, 0.3) is 10.4 Å². The number of aromatic nitrogens is 2. The highest BCUT2D eigenvalue weighted by atomic mass is 19.4. The van der Waals surface area contributed by atoms with E-state index in [0.29, 0.717) is 6.54 Å². The Hall–Kier alpha value is -7.39. The molecule has 0 aliphatic rings. The number of benzene rings is 5. The van der Waals surface area contributed by atoms with Crippen LogP contribution in [0.1, 0.15) is 55.8 Å². The fourth-order valence-corrected chi connectivity index (χ4v) is 7.96. The van der Waals surface area contributed by atoms with Crippen LogP contribution in [0, 0.1) is 0 Å². The topological polar surface area (TPSA) is 65.5 Å². The molecule has 0 amide bonds. The molecule has 0 radical (unpaired) electrons. The first-order valence-electron chi connectivity index (χ1n) is 21.0. The molecule has 77 heavy (non-hydrogen) atoms. The van der Waals surface area contributed by atoms with E-state index in [4.69, 9.17) is 5.53 Å². The zero-order valence-corrected chi connectivity index (χ0v) is 37.7. The van der Waals surface area contributed by atoms with Gasteiger partial charge in [0.2, 0.25) is 5.69 Å². The van der Waals surface area contributed by atoms with Crippen molar-refractivity contribution in [2.24, 2.45) is 5.11 Å². The molecule has 30 heteroatoms. The van der Waals surface area contributed by atoms with Gasteiger partial charge in [-0.3, -0.25) is 4.98 Å². The number of alkyl halides is 24. The molecule has 5 aromatic carbocycles. The lowest BCUT2D eigenvalue weighted by Gasteiger charge is -2.46. The van der Waals surface area contributed by atoms with Crippen LogP contribution in [0.3, 0.4) is 0 Å². The van der Waals surface area contributed by atoms with Gasteiger partial charge >= 0.3 is 49.4 Å². The van der Waals surface area contributed by atoms with Crippen LogP contribution >= 0.6 is 0 Å². The van der Waals surface area contributed by atoms with E-state index in [0.717, 1.165) is 18.7 Å². The molecule has 0 bridgehead atoms. The molecule has 0 aliphatic carbocycles. The van der Waals surface area contributed by atoms with Crippen molar-refractivity contribution in [1.82, 2.24) is 4.98 Å². The third kappa shape index (κ3) is 15.0. The summed E-state index contributed by atoms with van der Waals surface area (Å²) in [5.74, 6) is 0. The molecule has 412 valence electrons. The summed E-state index contributed by atoms with van der Waals surface area (Å²) in [6.07, 6.45) is -44.6. The highest BCUT2D eigenvalue weighted by molar-refractivity contribution is 7.20. The molecular formula is C47H28BF24N5. The number of allylic oxidation sites excluding steroid dienone is 1. The molecular weight excluding hydrogens is 1100 g/mol. The number of azide groups is 1. The minimum absolute atomic E-state index is 0.384. The molecule has 0 atom stereocenters. The standard InChI is InChI=1S/C32H12BF24.C15H16N5/c34-25(35,36)13-1-14(26(37,38)39)6-21(5-13)33(22-7-15(27(40,41)42)2-16(8-22)28(43,44)45,23-9-17(29(46,47)48)3-18(10-23)30(49,50)51)24-11-19(31(52,53)54)4-20(12-24)32(55,56)57;16-19-18-9-5-4-8-15-12-17-10-11-20(15)13-14-6-2-1-3-7-14/h1-12H;1-7,10-12H,8-9,13H2/q-1;+1. The van der Waals surface area contributed by atoms with E-state index in [-0.39, 0.29) is 0 Å². The van der Waals surface area contributed by atoms with Gasteiger partial charge in [0.05, 0.1) is 63.3 Å². The Balaban J connectivity index is 0.000000455. The van der Waals surface area contributed by atoms with Crippen LogP contribution in [-0.2, 0) is 62.4 Å². The Morgan fingerprint density at radius 3 is 1.01 bits per heavy atom. The van der Waals surface area contributed by atoms with Gasteiger partial charge < -0.3 is 0 Å². The van der Waals surface area contributed by atoms with Crippen molar-refractivity contribution in [3.8, 4) is 0 Å². The van der Waals surface area contributed by atoms with Crippen molar-refractivity contribution in [2.75, 3.05) is 6.54 Å². The number of rotatable bonds is 10. The second-order valence-corrected chi connectivity index (χ2v) is 16.5. The SMILES string of the molecule is FC(F)(F)c1cc([B-](c2cc(C(F)(F)F)cc(C(F)(F)F)c2)(c2cc(C(F)(F)F)cc(C(F)(F)F)c2)c2cc(C(F)(F)F)cc(C(F)(F)F)c2)cc(C(F)(F)F)c1.[N-]=[N+]=NCC=CCc1cncc[n+]1Cc1ccccc1. The minimum Gasteiger partial charge on any atom is -0.252 e. The lowest BCUT2D eigenvalue weighted by molar-refractivity contribution is -0.695. The van der Waals surface area contributed by atoms with Gasteiger partial charge in [0.1, 0.15) is 6.15 Å². The van der Waals surface area contributed by atoms with Gasteiger partial charge in [-0.15, -0.1) is 0 Å². The molecule has 6 aromatic rings. The highest BCUT2D eigenvalue weighted by Crippen LogP contribution is 2.41. The maximum atomic E-state index is 14.2. The molecule has 0 unspecified atom stereocenters. The number of hydrogen-bond acceptors (Lipinski definition) is 2. The van der Waals surface area contributed by atoms with Crippen LogP contribution in [0.2, 0.25) is 0 Å². The van der Waals surface area contributed by atoms with Crippen molar-refractivity contribution in [1.29, 1.82) is 0 Å². The summed E-state index contributed by atoms with van der Waals surface area (Å²) >= 11 is 0. The number of halogens is 24. The lowest BCUT2D eigenvalue weighted by Crippen LogP contribution is -2.75. The monoisotopic (exact) mass is 1130 g/mol. The van der Waals surface area contributed by atoms with Gasteiger partial charge in [-0.1, -0.05) is 96.1 Å². The summed E-state index contributed by atoms with van der Waals surface area (Å²) in [6, 6.07) is 1.49. The van der Waals surface area contributed by atoms with Gasteiger partial charge in [-0.25, -0.2) is 0 Å². The fourth-order valence-electron chi connectivity index (χ4n) is 7.96. The predicted octanol–water partition coefficient (Wildman–Crippen LogP) is 14.0. The molecule has 0 N–H and O–H groups in total. The molecule has 0 saturated heterocycles. The van der Waals surface area contributed by atoms with E-state index in [1.165, 1.54) is 5.56 Å². The largest absolute Gasteiger partial charge is 0.416 e. The first-order valence-corrected chi connectivity index (χ1v) is 21.0. The molecule has 6 rings (SSSR count). The van der Waals surface area contributed by atoms with Crippen molar-refractivity contribution in [3.05, 3.63) is 200 Å². The Bertz CT molecular complexity index is 2690. The molecule has 1 aromatic heterocycles. The number of nitrogens with zero attached hydrogens (tertiary/aromatic N) is 5. The number of hydrogen-bond donors (Lipinski definition) is 0. The summed E-state index contributed by atoms with van der Waals surface area (Å²) in [5.41, 5.74) is -19.6. The molecule has 0 spiro atoms. The molecule has 0 fully saturated rings. The Kier molecular flexibility index (Phi) is 17.2. The Morgan fingerprint density at radius 1 is 0.442 bits per heavy atom. The van der Waals surface area contributed by atoms with Crippen LogP contribution < -0.4 is 26.4 Å². The van der Waals surface area contributed by atoms with E-state index < -0.39 is 195 Å². The summed E-state index contributed by atoms with van der Waals surface area (Å²) in [4.78, 5) is 6.88. The third-order valence-electron chi connectivity index (χ3n) is 11.3. The first kappa shape index (κ1) is 60.5. The smallest absolute Gasteiger partial charge is 0.252 e. The van der Waals surface area contributed by atoms with E-state index in [9.17, 15) is 105 Å². The lowest BCUT2D eigenvalue weighted by atomic mass is 9.12. The van der Waals surface area contributed by atoms with Gasteiger partial charge in [0, 0.05) is 17.0 Å². The average Bonchev–Trinajstić information content (AvgIpc) is 3.30. The van der Waals surface area contributed by atoms with Gasteiger partial charge in [-0.05, 0) is 29.8 Å². The first-order chi connectivity index (χ1) is 35.2. The third-order valence-corrected chi connectivity index (χ3v) is 11.3. The summed E-state index contributed by atoms with van der Waals surface area (Å²) in [7, 11) is 0. The van der Waals surface area contributed by atoms with E-state index >= 15 is 0 Å². The summed E-state index contributed by atoms with van der Waals surface area (Å²) < 4.78 is 343. The van der Waals surface area contributed by atoms with Crippen molar-refractivity contribution < 1.29 is 110 Å². The van der Waals surface area contributed by atoms with Crippen molar-refractivity contribution in [2.45, 2.75) is 62.4 Å². The van der Waals surface area contributed by atoms with E-state index in [1.54, 1.807) is 6.20 Å². The molecule has 1 heterocycles. The highest BCUT2D eigenvalue weighted by Gasteiger charge is 2.47. The van der Waals surface area contributed by atoms with Crippen LogP contribution in [-0.4, -0.2) is 17.7 Å². The van der Waals surface area contributed by atoms with E-state index in [1.807, 2.05) is 42.7 Å². The second kappa shape index (κ2) is 21.9. The molecule has 0 saturated carbocycles. The fraction of sp³-hybridized carbons (Fsp3) is 0.234. The molecule has 0 aliphatic heterocycles. The Labute approximate surface area is 416 Å². The maximum absolute atomic E-state index is 14.2. The van der Waals surface area contributed by atoms with Gasteiger partial charge in [0.15, 0.2) is 12.7 Å². The van der Waals surface area contributed by atoms with Gasteiger partial charge in [0.25, 0.3) is 0 Å². The summed E-state index contributed by atoms with van der Waals surface area (Å²) in [6.45, 7) is 1.21. The maximum Gasteiger partial charge on any atom is 0.416 e. The van der Waals surface area contributed by atoms with Crippen molar-refractivity contribution in [3.63, 3.8) is 0 Å². The predicted molar refractivity (Wildman–Crippen MR) is 227 cm³/mol. The minimum atomic E-state index is -6.13.